The van der Waals surface area contributed by atoms with Gasteiger partial charge < -0.3 is 32.4 Å². The first kappa shape index (κ1) is 26.4. The van der Waals surface area contributed by atoms with Gasteiger partial charge in [0.25, 0.3) is 0 Å². The number of guanidine groups is 1. The van der Waals surface area contributed by atoms with Gasteiger partial charge in [0.1, 0.15) is 18.4 Å². The van der Waals surface area contributed by atoms with Crippen molar-refractivity contribution in [2.24, 2.45) is 11.5 Å². The Morgan fingerprint density at radius 1 is 1.32 bits per heavy atom. The van der Waals surface area contributed by atoms with Crippen LogP contribution in [0.25, 0.3) is 0 Å². The van der Waals surface area contributed by atoms with Gasteiger partial charge in [-0.2, -0.15) is 0 Å². The van der Waals surface area contributed by atoms with Gasteiger partial charge in [-0.1, -0.05) is 0 Å². The fourth-order valence-electron chi connectivity index (χ4n) is 1.80. The number of carboxylic acid groups (broad SMARTS) is 2. The Balaban J connectivity index is 0. The zero-order chi connectivity index (χ0) is 17.4. The van der Waals surface area contributed by atoms with Gasteiger partial charge in [0.05, 0.1) is 5.69 Å². The summed E-state index contributed by atoms with van der Waals surface area (Å²) in [4.78, 5) is 25.9. The van der Waals surface area contributed by atoms with E-state index in [1.165, 1.54) is 17.2 Å². The van der Waals surface area contributed by atoms with E-state index in [-0.39, 0.29) is 71.5 Å². The van der Waals surface area contributed by atoms with Crippen molar-refractivity contribution >= 4 is 77.0 Å². The quantitative estimate of drug-likeness (QED) is 0.0954. The summed E-state index contributed by atoms with van der Waals surface area (Å²) in [5.41, 5.74) is 13.7. The van der Waals surface area contributed by atoms with E-state index in [9.17, 15) is 14.7 Å². The number of nitrogens with two attached hydrogens (primary N) is 2. The molecule has 1 rings (SSSR count). The Bertz CT molecular complexity index is 569. The van der Waals surface area contributed by atoms with Crippen LogP contribution < -0.4 is 22.2 Å². The summed E-state index contributed by atoms with van der Waals surface area (Å²) in [5, 5.41) is 27.5. The molecule has 0 saturated carbocycles. The molecule has 0 saturated heterocycles. The van der Waals surface area contributed by atoms with Crippen molar-refractivity contribution in [1.29, 1.82) is 5.41 Å². The number of imidazole rings is 1. The molecule has 1 heterocycles. The van der Waals surface area contributed by atoms with Gasteiger partial charge in [0.2, 0.25) is 0 Å². The molecule has 1 aromatic heterocycles. The third-order valence-corrected chi connectivity index (χ3v) is 2.97. The van der Waals surface area contributed by atoms with Crippen LogP contribution in [0.4, 0.5) is 0 Å². The van der Waals surface area contributed by atoms with E-state index in [2.05, 4.69) is 15.7 Å². The average molecular weight is 375 g/mol. The minimum absolute atomic E-state index is 0. The second-order valence-corrected chi connectivity index (χ2v) is 4.92. The monoisotopic (exact) mass is 375 g/mol. The number of carboxylic acids is 2. The first-order valence-electron chi connectivity index (χ1n) is 6.88. The van der Waals surface area contributed by atoms with Crippen LogP contribution in [0, 0.1) is 5.41 Å². The van der Waals surface area contributed by atoms with Gasteiger partial charge in [0, 0.05) is 19.2 Å². The molecule has 1 aromatic rings. The van der Waals surface area contributed by atoms with E-state index in [0.717, 1.165) is 0 Å². The van der Waals surface area contributed by atoms with Crippen molar-refractivity contribution in [2.75, 3.05) is 12.0 Å². The molecule has 13 heteroatoms. The van der Waals surface area contributed by atoms with Crippen molar-refractivity contribution in [2.45, 2.75) is 31.3 Å². The van der Waals surface area contributed by atoms with E-state index in [4.69, 9.17) is 22.0 Å². The molecule has 0 aliphatic heterocycles. The van der Waals surface area contributed by atoms with Crippen LogP contribution in [0.5, 0.6) is 0 Å². The Hall–Kier alpha value is -0.820. The van der Waals surface area contributed by atoms with E-state index in [1.807, 2.05) is 0 Å². The second-order valence-electron chi connectivity index (χ2n) is 4.92. The number of carbonyl (C=O) groups is 2. The molecule has 0 aliphatic carbocycles. The molecule has 0 amide bonds. The first-order valence-corrected chi connectivity index (χ1v) is 6.88. The molecule has 132 valence electrons. The van der Waals surface area contributed by atoms with Gasteiger partial charge in [-0.3, -0.25) is 14.9 Å². The van der Waals surface area contributed by atoms with Crippen LogP contribution in [0.3, 0.4) is 0 Å². The molecule has 0 unspecified atom stereocenters. The summed E-state index contributed by atoms with van der Waals surface area (Å²) >= 11 is 0. The summed E-state index contributed by atoms with van der Waals surface area (Å²) in [6.07, 6.45) is 3.69. The molecule has 11 nitrogen and oxygen atoms in total. The Morgan fingerprint density at radius 2 is 1.96 bits per heavy atom. The summed E-state index contributed by atoms with van der Waals surface area (Å²) in [6, 6.07) is -1.93. The molecule has 0 spiro atoms. The van der Waals surface area contributed by atoms with Crippen molar-refractivity contribution in [3.8, 4) is 0 Å². The van der Waals surface area contributed by atoms with Crippen LogP contribution in [0.15, 0.2) is 12.5 Å². The van der Waals surface area contributed by atoms with Gasteiger partial charge in [-0.15, -0.1) is 0 Å². The predicted molar refractivity (Wildman–Crippen MR) is 95.8 cm³/mol. The molecule has 25 heavy (non-hydrogen) atoms. The normalized spacial score (nSPS) is 12.0. The van der Waals surface area contributed by atoms with Crippen molar-refractivity contribution in [3.05, 3.63) is 18.2 Å². The zero-order valence-corrected chi connectivity index (χ0v) is 12.4. The van der Waals surface area contributed by atoms with Gasteiger partial charge >= 0.3 is 71.1 Å². The van der Waals surface area contributed by atoms with Crippen molar-refractivity contribution in [3.63, 3.8) is 0 Å². The molecule has 0 bridgehead atoms. The van der Waals surface area contributed by atoms with Crippen LogP contribution >= 0.6 is 0 Å². The number of aliphatic carboxylic acids is 2. The fraction of sp³-hybridized carbons (Fsp3) is 0.500. The number of nitrogens with one attached hydrogen (secondary N) is 3. The second kappa shape index (κ2) is 13.4. The summed E-state index contributed by atoms with van der Waals surface area (Å²) in [6.45, 7) is 0.392. The third-order valence-electron chi connectivity index (χ3n) is 2.97. The minimum atomic E-state index is -1.13. The average Bonchev–Trinajstić information content (AvgIpc) is 2.88. The molecule has 0 aromatic carbocycles. The van der Waals surface area contributed by atoms with Crippen molar-refractivity contribution in [1.82, 2.24) is 15.0 Å². The summed E-state index contributed by atoms with van der Waals surface area (Å²) in [7, 11) is 0. The van der Waals surface area contributed by atoms with Crippen molar-refractivity contribution < 1.29 is 19.8 Å². The predicted octanol–water partition coefficient (Wildman–Crippen LogP) is -3.20. The van der Waals surface area contributed by atoms with Gasteiger partial charge in [-0.05, 0) is 12.8 Å². The zero-order valence-electron chi connectivity index (χ0n) is 12.4. The fourth-order valence-corrected chi connectivity index (χ4v) is 1.80. The molecule has 2 atom stereocenters. The Labute approximate surface area is 189 Å². The number of aromatic nitrogens is 2. The molecule has 0 fully saturated rings. The Morgan fingerprint density at radius 3 is 2.48 bits per heavy atom. The van der Waals surface area contributed by atoms with Gasteiger partial charge in [-0.25, -0.2) is 9.78 Å². The molecule has 0 radical (unpaired) electrons. The van der Waals surface area contributed by atoms with E-state index in [0.29, 0.717) is 25.1 Å². The number of hydrogen-bond acceptors (Lipinski definition) is 6. The summed E-state index contributed by atoms with van der Waals surface area (Å²) in [5.74, 6) is -2.34. The molecular formula is C12H23N7Na2O4. The standard InChI is InChI=1S/C12H21N7O4.2Na.2H/c13-8(10(20)21)4-7-5-19(6-17-7)18-9(11(22)23)2-1-3-16-12(14)15;;;;/h5-6,8-9,18H,1-4,13H2,(H,20,21)(H,22,23)(H4,14,15,16);;;;/t8-,9-;;;;/m0..../s1. The summed E-state index contributed by atoms with van der Waals surface area (Å²) < 4.78 is 1.36. The maximum absolute atomic E-state index is 11.2. The Kier molecular flexibility index (Phi) is 14.1. The molecular weight excluding hydrogens is 352 g/mol. The first-order chi connectivity index (χ1) is 10.8. The van der Waals surface area contributed by atoms with E-state index in [1.54, 1.807) is 0 Å². The molecule has 9 N–H and O–H groups in total. The van der Waals surface area contributed by atoms with Crippen LogP contribution in [0.2, 0.25) is 0 Å². The number of nitrogens with zero attached hydrogens (tertiary/aromatic N) is 2. The van der Waals surface area contributed by atoms with E-state index < -0.39 is 24.0 Å². The van der Waals surface area contributed by atoms with Crippen LogP contribution in [0.1, 0.15) is 18.5 Å². The third kappa shape index (κ3) is 10.7. The van der Waals surface area contributed by atoms with Crippen LogP contribution in [-0.2, 0) is 16.0 Å². The number of hydrogen-bond donors (Lipinski definition) is 7. The molecule has 0 aliphatic rings. The van der Waals surface area contributed by atoms with Gasteiger partial charge in [0.15, 0.2) is 5.96 Å². The SMILES string of the molecule is N=C(N)NCCC[C@H](Nn1cnc(C[C@H](N)C(=O)O)c1)C(=O)O.[NaH].[NaH]. The van der Waals surface area contributed by atoms with Crippen LogP contribution in [-0.4, -0.2) is 116 Å². The van der Waals surface area contributed by atoms with E-state index >= 15 is 0 Å². The topological polar surface area (TPSA) is 192 Å². The maximum atomic E-state index is 11.2. The number of rotatable bonds is 10.